The van der Waals surface area contributed by atoms with Crippen LogP contribution in [0.1, 0.15) is 43.9 Å². The molecule has 4 rings (SSSR count). The van der Waals surface area contributed by atoms with E-state index < -0.39 is 17.4 Å². The second kappa shape index (κ2) is 8.39. The van der Waals surface area contributed by atoms with E-state index in [2.05, 4.69) is 20.4 Å². The number of nitrogens with zero attached hydrogens (tertiary/aromatic N) is 5. The summed E-state index contributed by atoms with van der Waals surface area (Å²) in [6.45, 7) is 3.40. The number of nitrogens with one attached hydrogen (secondary N) is 1. The quantitative estimate of drug-likeness (QED) is 0.462. The van der Waals surface area contributed by atoms with Crippen LogP contribution in [0.5, 0.6) is 0 Å². The molecule has 0 fully saturated rings. The van der Waals surface area contributed by atoms with Crippen LogP contribution in [-0.2, 0) is 30.5 Å². The number of nitriles is 1. The Morgan fingerprint density at radius 2 is 2.03 bits per heavy atom. The zero-order valence-corrected chi connectivity index (χ0v) is 16.9. The fourth-order valence-corrected chi connectivity index (χ4v) is 3.45. The Morgan fingerprint density at radius 1 is 1.28 bits per heavy atom. The first-order chi connectivity index (χ1) is 15.3. The predicted molar refractivity (Wildman–Crippen MR) is 105 cm³/mol. The van der Waals surface area contributed by atoms with Gasteiger partial charge in [0.05, 0.1) is 11.8 Å². The second-order valence-electron chi connectivity index (χ2n) is 7.22. The number of benzene rings is 1. The molecule has 0 bridgehead atoms. The summed E-state index contributed by atoms with van der Waals surface area (Å²) in [5.74, 6) is -0.351. The topological polar surface area (TPSA) is 106 Å². The van der Waals surface area contributed by atoms with E-state index in [0.29, 0.717) is 25.3 Å². The highest BCUT2D eigenvalue weighted by Gasteiger charge is 2.37. The molecule has 3 heterocycles. The van der Waals surface area contributed by atoms with E-state index in [9.17, 15) is 18.0 Å². The molecule has 8 nitrogen and oxygen atoms in total. The van der Waals surface area contributed by atoms with Gasteiger partial charge in [0.15, 0.2) is 5.69 Å². The molecule has 0 atom stereocenters. The van der Waals surface area contributed by atoms with Crippen LogP contribution < -0.4 is 5.32 Å². The van der Waals surface area contributed by atoms with Gasteiger partial charge < -0.3 is 10.1 Å². The summed E-state index contributed by atoms with van der Waals surface area (Å²) in [5, 5.41) is 15.6. The summed E-state index contributed by atoms with van der Waals surface area (Å²) in [5.41, 5.74) is 2.60. The zero-order chi connectivity index (χ0) is 22.9. The molecule has 0 amide bonds. The molecule has 2 aromatic heterocycles. The normalized spacial score (nSPS) is 13.0. The average molecular weight is 442 g/mol. The number of ether oxygens (including phenoxy) is 1. The smallest absolute Gasteiger partial charge is 0.436 e. The van der Waals surface area contributed by atoms with Gasteiger partial charge >= 0.3 is 12.1 Å². The Hall–Kier alpha value is -3.78. The average Bonchev–Trinajstić information content (AvgIpc) is 3.37. The molecule has 1 aliphatic heterocycles. The number of carbonyl (C=O) groups is 1. The minimum absolute atomic E-state index is 0.0636. The van der Waals surface area contributed by atoms with Crippen LogP contribution in [0.3, 0.4) is 0 Å². The number of hydrogen-bond donors (Lipinski definition) is 1. The van der Waals surface area contributed by atoms with Gasteiger partial charge in [-0.3, -0.25) is 0 Å². The van der Waals surface area contributed by atoms with Crippen LogP contribution in [0.2, 0.25) is 0 Å². The van der Waals surface area contributed by atoms with E-state index in [4.69, 9.17) is 10.00 Å². The second-order valence-corrected chi connectivity index (χ2v) is 7.22. The largest absolute Gasteiger partial charge is 0.457 e. The number of fused-ring (bicyclic) bond motifs is 1. The lowest BCUT2D eigenvalue weighted by Gasteiger charge is -2.10. The Balaban J connectivity index is 1.35. The number of esters is 1. The molecule has 164 valence electrons. The molecule has 11 heteroatoms. The predicted octanol–water partition coefficient (Wildman–Crippen LogP) is 2.86. The maximum atomic E-state index is 12.9. The van der Waals surface area contributed by atoms with E-state index >= 15 is 0 Å². The summed E-state index contributed by atoms with van der Waals surface area (Å²) in [4.78, 5) is 19.7. The minimum Gasteiger partial charge on any atom is -0.457 e. The van der Waals surface area contributed by atoms with Gasteiger partial charge in [-0.15, -0.1) is 0 Å². The van der Waals surface area contributed by atoms with Crippen molar-refractivity contribution >= 4 is 5.97 Å². The highest BCUT2D eigenvalue weighted by atomic mass is 19.4. The fraction of sp³-hybridized carbons (Fsp3) is 0.286. The molecule has 0 saturated heterocycles. The molecular weight excluding hydrogens is 425 g/mol. The third kappa shape index (κ3) is 4.17. The van der Waals surface area contributed by atoms with Gasteiger partial charge in [0.2, 0.25) is 5.95 Å². The Bertz CT molecular complexity index is 1210. The highest BCUT2D eigenvalue weighted by Crippen LogP contribution is 2.30. The standard InChI is InChI=1S/C21H17F3N6O2/c1-12-14(2-3-16-17(12)11-32-19(16)31)4-5-26-7-13-8-27-20(28-9-13)30-10-15(6-25)18(29-30)21(22,23)24/h2-3,8-10,26H,4-5,7,11H2,1H3. The van der Waals surface area contributed by atoms with Crippen molar-refractivity contribution in [3.63, 3.8) is 0 Å². The van der Waals surface area contributed by atoms with Crippen LogP contribution in [0.15, 0.2) is 30.7 Å². The van der Waals surface area contributed by atoms with Crippen molar-refractivity contribution in [2.75, 3.05) is 6.54 Å². The van der Waals surface area contributed by atoms with E-state index in [-0.39, 0.29) is 11.9 Å². The lowest BCUT2D eigenvalue weighted by molar-refractivity contribution is -0.141. The minimum atomic E-state index is -4.74. The van der Waals surface area contributed by atoms with Gasteiger partial charge in [-0.25, -0.2) is 19.4 Å². The van der Waals surface area contributed by atoms with Crippen LogP contribution in [-0.4, -0.2) is 32.3 Å². The molecule has 3 aromatic rings. The monoisotopic (exact) mass is 442 g/mol. The summed E-state index contributed by atoms with van der Waals surface area (Å²) in [6.07, 6.45) is -0.0654. The van der Waals surface area contributed by atoms with E-state index in [1.165, 1.54) is 18.5 Å². The maximum Gasteiger partial charge on any atom is 0.436 e. The number of carbonyl (C=O) groups excluding carboxylic acids is 1. The molecule has 0 aliphatic carbocycles. The lowest BCUT2D eigenvalue weighted by Crippen LogP contribution is -2.18. The Labute approximate surface area is 180 Å². The number of aromatic nitrogens is 4. The first kappa shape index (κ1) is 21.5. The van der Waals surface area contributed by atoms with Gasteiger partial charge in [0, 0.05) is 30.1 Å². The van der Waals surface area contributed by atoms with Gasteiger partial charge in [0.25, 0.3) is 0 Å². The third-order valence-corrected chi connectivity index (χ3v) is 5.18. The van der Waals surface area contributed by atoms with Crippen LogP contribution in [0.4, 0.5) is 13.2 Å². The lowest BCUT2D eigenvalue weighted by atomic mass is 9.97. The molecule has 0 saturated carbocycles. The number of rotatable bonds is 6. The Kier molecular flexibility index (Phi) is 5.63. The summed E-state index contributed by atoms with van der Waals surface area (Å²) in [7, 11) is 0. The first-order valence-electron chi connectivity index (χ1n) is 9.65. The summed E-state index contributed by atoms with van der Waals surface area (Å²) in [6, 6.07) is 5.19. The molecule has 0 radical (unpaired) electrons. The van der Waals surface area contributed by atoms with Gasteiger partial charge in [0.1, 0.15) is 18.2 Å². The molecule has 1 N–H and O–H groups in total. The zero-order valence-electron chi connectivity index (χ0n) is 16.9. The van der Waals surface area contributed by atoms with E-state index in [0.717, 1.165) is 39.6 Å². The van der Waals surface area contributed by atoms with Crippen molar-refractivity contribution in [2.45, 2.75) is 32.7 Å². The number of cyclic esters (lactones) is 1. The third-order valence-electron chi connectivity index (χ3n) is 5.18. The summed E-state index contributed by atoms with van der Waals surface area (Å²) < 4.78 is 44.7. The maximum absolute atomic E-state index is 12.9. The highest BCUT2D eigenvalue weighted by molar-refractivity contribution is 5.93. The fourth-order valence-electron chi connectivity index (χ4n) is 3.45. The first-order valence-corrected chi connectivity index (χ1v) is 9.65. The van der Waals surface area contributed by atoms with Gasteiger partial charge in [-0.05, 0) is 37.1 Å². The number of hydrogen-bond acceptors (Lipinski definition) is 7. The molecule has 1 aromatic carbocycles. The molecule has 1 aliphatic rings. The number of halogens is 3. The van der Waals surface area contributed by atoms with Crippen molar-refractivity contribution in [2.24, 2.45) is 0 Å². The van der Waals surface area contributed by atoms with Gasteiger partial charge in [-0.2, -0.15) is 23.5 Å². The Morgan fingerprint density at radius 3 is 2.69 bits per heavy atom. The summed E-state index contributed by atoms with van der Waals surface area (Å²) >= 11 is 0. The van der Waals surface area contributed by atoms with E-state index in [1.54, 1.807) is 6.07 Å². The van der Waals surface area contributed by atoms with Crippen LogP contribution >= 0.6 is 0 Å². The SMILES string of the molecule is Cc1c(CCNCc2cnc(-n3cc(C#N)c(C(F)(F)F)n3)nc2)ccc2c1COC2=O. The molecule has 0 spiro atoms. The molecule has 0 unspecified atom stereocenters. The van der Waals surface area contributed by atoms with Gasteiger partial charge in [-0.1, -0.05) is 6.07 Å². The van der Waals surface area contributed by atoms with Crippen LogP contribution in [0.25, 0.3) is 5.95 Å². The molecule has 32 heavy (non-hydrogen) atoms. The van der Waals surface area contributed by atoms with Crippen molar-refractivity contribution < 1.29 is 22.7 Å². The van der Waals surface area contributed by atoms with Crippen molar-refractivity contribution in [1.82, 2.24) is 25.1 Å². The van der Waals surface area contributed by atoms with E-state index in [1.807, 2.05) is 13.0 Å². The van der Waals surface area contributed by atoms with Crippen molar-refractivity contribution in [1.29, 1.82) is 5.26 Å². The van der Waals surface area contributed by atoms with Crippen molar-refractivity contribution in [3.8, 4) is 12.0 Å². The molecular formula is C21H17F3N6O2. The van der Waals surface area contributed by atoms with Crippen LogP contribution in [0, 0.1) is 18.3 Å². The number of alkyl halides is 3. The van der Waals surface area contributed by atoms with Crippen molar-refractivity contribution in [3.05, 3.63) is 69.8 Å².